The number of pyridine rings is 2. The van der Waals surface area contributed by atoms with Crippen LogP contribution in [0.2, 0.25) is 0 Å². The molecule has 0 unspecified atom stereocenters. The highest BCUT2D eigenvalue weighted by Crippen LogP contribution is 2.44. The van der Waals surface area contributed by atoms with Gasteiger partial charge in [-0.3, -0.25) is 4.98 Å². The van der Waals surface area contributed by atoms with E-state index in [4.69, 9.17) is 4.52 Å². The number of alkyl halides is 5. The number of rotatable bonds is 6. The molecule has 0 aliphatic heterocycles. The van der Waals surface area contributed by atoms with Gasteiger partial charge in [-0.25, -0.2) is 9.97 Å². The molecule has 12 heteroatoms. The van der Waals surface area contributed by atoms with Gasteiger partial charge in [-0.1, -0.05) is 12.1 Å². The minimum atomic E-state index is -5.73. The molecule has 0 atom stereocenters. The molecule has 1 aliphatic carbocycles. The van der Waals surface area contributed by atoms with Gasteiger partial charge in [-0.05, 0) is 30.7 Å². The lowest BCUT2D eigenvalue weighted by molar-refractivity contribution is -0.289. The number of thioether (sulfide) groups is 1. The second-order valence-corrected chi connectivity index (χ2v) is 9.33. The topological polar surface area (TPSA) is 69.6 Å². The van der Waals surface area contributed by atoms with Crippen molar-refractivity contribution in [2.75, 3.05) is 5.75 Å². The van der Waals surface area contributed by atoms with E-state index in [1.165, 1.54) is 16.3 Å². The van der Waals surface area contributed by atoms with Gasteiger partial charge in [0.05, 0.1) is 5.56 Å². The third-order valence-electron chi connectivity index (χ3n) is 5.60. The van der Waals surface area contributed by atoms with Crippen LogP contribution in [0.5, 0.6) is 0 Å². The molecule has 0 amide bonds. The predicted octanol–water partition coefficient (Wildman–Crippen LogP) is 6.33. The van der Waals surface area contributed by atoms with Gasteiger partial charge in [-0.15, -0.1) is 11.8 Å². The summed E-state index contributed by atoms with van der Waals surface area (Å²) in [7, 11) is 1.61. The number of aromatic nitrogens is 5. The van der Waals surface area contributed by atoms with Crippen LogP contribution in [0.3, 0.4) is 0 Å². The van der Waals surface area contributed by atoms with Crippen LogP contribution in [0.25, 0.3) is 33.9 Å². The second kappa shape index (κ2) is 8.03. The van der Waals surface area contributed by atoms with Gasteiger partial charge in [-0.2, -0.15) is 22.0 Å². The smallest absolute Gasteiger partial charge is 0.360 e. The average molecular weight is 495 g/mol. The van der Waals surface area contributed by atoms with Crippen LogP contribution >= 0.6 is 11.8 Å². The molecule has 5 rings (SSSR count). The highest BCUT2D eigenvalue weighted by molar-refractivity contribution is 7.99. The Morgan fingerprint density at radius 2 is 1.85 bits per heavy atom. The van der Waals surface area contributed by atoms with Crippen molar-refractivity contribution in [3.8, 4) is 22.8 Å². The fourth-order valence-electron chi connectivity index (χ4n) is 3.63. The molecule has 4 aromatic heterocycles. The van der Waals surface area contributed by atoms with E-state index in [1.54, 1.807) is 13.2 Å². The minimum absolute atomic E-state index is 0.0807. The van der Waals surface area contributed by atoms with E-state index in [-0.39, 0.29) is 11.2 Å². The summed E-state index contributed by atoms with van der Waals surface area (Å²) in [5.41, 5.74) is 0.694. The van der Waals surface area contributed by atoms with Crippen LogP contribution < -0.4 is 0 Å². The van der Waals surface area contributed by atoms with Gasteiger partial charge in [0.25, 0.3) is 0 Å². The van der Waals surface area contributed by atoms with E-state index in [1.807, 2.05) is 19.1 Å². The summed E-state index contributed by atoms with van der Waals surface area (Å²) < 4.78 is 73.0. The minimum Gasteiger partial charge on any atom is -0.360 e. The maximum absolute atomic E-state index is 13.8. The van der Waals surface area contributed by atoms with Gasteiger partial charge in [0.2, 0.25) is 0 Å². The number of imidazole rings is 1. The molecule has 1 fully saturated rings. The molecule has 6 nitrogen and oxygen atoms in total. The Kier molecular flexibility index (Phi) is 5.38. The summed E-state index contributed by atoms with van der Waals surface area (Å²) in [5.74, 6) is -2.76. The molecule has 4 heterocycles. The number of aryl methyl sites for hydroxylation is 1. The van der Waals surface area contributed by atoms with Crippen LogP contribution in [0, 0.1) is 0 Å². The maximum atomic E-state index is 13.8. The summed E-state index contributed by atoms with van der Waals surface area (Å²) >= 11 is 1.50. The van der Waals surface area contributed by atoms with Crippen LogP contribution in [0.1, 0.15) is 37.0 Å². The molecule has 1 saturated carbocycles. The Morgan fingerprint density at radius 1 is 1.09 bits per heavy atom. The molecule has 0 radical (unpaired) electrons. The zero-order valence-corrected chi connectivity index (χ0v) is 18.8. The van der Waals surface area contributed by atoms with E-state index < -0.39 is 17.7 Å². The molecule has 0 bridgehead atoms. The Labute approximate surface area is 194 Å². The second-order valence-electron chi connectivity index (χ2n) is 8.03. The Balaban J connectivity index is 1.57. The first kappa shape index (κ1) is 22.8. The lowest BCUT2D eigenvalue weighted by Gasteiger charge is -2.19. The highest BCUT2D eigenvalue weighted by Gasteiger charge is 2.59. The first-order valence-electron chi connectivity index (χ1n) is 10.5. The largest absolute Gasteiger partial charge is 0.458 e. The van der Waals surface area contributed by atoms with Gasteiger partial charge in [0.1, 0.15) is 22.7 Å². The van der Waals surface area contributed by atoms with Crippen LogP contribution in [0.4, 0.5) is 22.0 Å². The molecule has 4 aromatic rings. The fraction of sp³-hybridized carbons (Fsp3) is 0.364. The lowest BCUT2D eigenvalue weighted by atomic mass is 10.1. The van der Waals surface area contributed by atoms with Crippen LogP contribution in [0.15, 0.2) is 40.0 Å². The zero-order valence-electron chi connectivity index (χ0n) is 18.0. The van der Waals surface area contributed by atoms with Crippen molar-refractivity contribution in [1.29, 1.82) is 0 Å². The SMILES string of the molecule is CCSc1cc(-c2cc(C3CC3)on2)cnc1-c1nc2cc(C(F)(F)C(F)(F)F)cnc2n1C. The van der Waals surface area contributed by atoms with Crippen molar-refractivity contribution in [3.63, 3.8) is 0 Å². The third-order valence-corrected chi connectivity index (χ3v) is 6.51. The summed E-state index contributed by atoms with van der Waals surface area (Å²) in [5, 5.41) is 4.14. The van der Waals surface area contributed by atoms with Crippen molar-refractivity contribution in [1.82, 2.24) is 24.7 Å². The number of halogens is 5. The molecular weight excluding hydrogens is 477 g/mol. The van der Waals surface area contributed by atoms with Crippen molar-refractivity contribution in [2.24, 2.45) is 7.05 Å². The summed E-state index contributed by atoms with van der Waals surface area (Å²) in [6, 6.07) is 4.51. The quantitative estimate of drug-likeness (QED) is 0.230. The monoisotopic (exact) mass is 495 g/mol. The highest BCUT2D eigenvalue weighted by atomic mass is 32.2. The van der Waals surface area contributed by atoms with E-state index in [2.05, 4.69) is 20.1 Å². The molecule has 1 aliphatic rings. The maximum Gasteiger partial charge on any atom is 0.458 e. The van der Waals surface area contributed by atoms with Gasteiger partial charge >= 0.3 is 12.1 Å². The van der Waals surface area contributed by atoms with Gasteiger partial charge in [0.15, 0.2) is 11.5 Å². The zero-order chi connectivity index (χ0) is 24.3. The van der Waals surface area contributed by atoms with E-state index >= 15 is 0 Å². The predicted molar refractivity (Wildman–Crippen MR) is 116 cm³/mol. The van der Waals surface area contributed by atoms with Crippen molar-refractivity contribution >= 4 is 22.9 Å². The Hall–Kier alpha value is -3.02. The van der Waals surface area contributed by atoms with Crippen molar-refractivity contribution in [3.05, 3.63) is 41.9 Å². The molecular formula is C22H18F5N5OS. The summed E-state index contributed by atoms with van der Waals surface area (Å²) in [6.45, 7) is 1.96. The van der Waals surface area contributed by atoms with E-state index in [9.17, 15) is 22.0 Å². The fourth-order valence-corrected chi connectivity index (χ4v) is 4.43. The summed E-state index contributed by atoms with van der Waals surface area (Å²) in [6.07, 6.45) is -1.43. The lowest BCUT2D eigenvalue weighted by Crippen LogP contribution is -2.33. The third kappa shape index (κ3) is 3.83. The number of hydrogen-bond donors (Lipinski definition) is 0. The molecule has 0 aromatic carbocycles. The Morgan fingerprint density at radius 3 is 2.53 bits per heavy atom. The van der Waals surface area contributed by atoms with Crippen molar-refractivity contribution < 1.29 is 26.5 Å². The number of fused-ring (bicyclic) bond motifs is 1. The Bertz CT molecular complexity index is 1380. The van der Waals surface area contributed by atoms with Gasteiger partial charge < -0.3 is 9.09 Å². The average Bonchev–Trinajstić information content (AvgIpc) is 3.43. The molecule has 0 spiro atoms. The summed E-state index contributed by atoms with van der Waals surface area (Å²) in [4.78, 5) is 13.4. The molecule has 34 heavy (non-hydrogen) atoms. The van der Waals surface area contributed by atoms with Crippen LogP contribution in [-0.4, -0.2) is 36.6 Å². The first-order chi connectivity index (χ1) is 16.1. The standard InChI is InChI=1S/C22H18F5N5OS/c1-3-34-17-6-12(14-8-16(33-31-14)11-4-5-11)9-28-18(17)20-30-15-7-13(10-29-19(15)32(20)2)21(23,24)22(25,26)27/h6-11H,3-5H2,1-2H3. The number of hydrogen-bond acceptors (Lipinski definition) is 6. The van der Waals surface area contributed by atoms with Crippen molar-refractivity contribution in [2.45, 2.75) is 42.7 Å². The first-order valence-corrected chi connectivity index (χ1v) is 11.5. The molecule has 0 N–H and O–H groups in total. The van der Waals surface area contributed by atoms with E-state index in [0.717, 1.165) is 35.1 Å². The normalized spacial score (nSPS) is 14.8. The van der Waals surface area contributed by atoms with Gasteiger partial charge in [0, 0.05) is 41.9 Å². The molecule has 178 valence electrons. The van der Waals surface area contributed by atoms with E-state index in [0.29, 0.717) is 35.1 Å². The van der Waals surface area contributed by atoms with Crippen LogP contribution in [-0.2, 0) is 13.0 Å². The number of nitrogens with zero attached hydrogens (tertiary/aromatic N) is 5. The molecule has 0 saturated heterocycles.